The summed E-state index contributed by atoms with van der Waals surface area (Å²) < 4.78 is 18.0. The second-order valence-electron chi connectivity index (χ2n) is 5.75. The van der Waals surface area contributed by atoms with Crippen LogP contribution in [-0.2, 0) is 16.1 Å². The largest absolute Gasteiger partial charge is 0.384 e. The minimum atomic E-state index is -0.237. The zero-order chi connectivity index (χ0) is 15.2. The SMILES string of the molecule is COCC1CCN(C(=O)CN(C)Cc2ccc(F)cc2)C1. The second-order valence-corrected chi connectivity index (χ2v) is 5.75. The normalized spacial score (nSPS) is 18.5. The Kier molecular flexibility index (Phi) is 5.70. The summed E-state index contributed by atoms with van der Waals surface area (Å²) >= 11 is 0. The van der Waals surface area contributed by atoms with Gasteiger partial charge in [0, 0.05) is 32.7 Å². The van der Waals surface area contributed by atoms with E-state index >= 15 is 0 Å². The number of halogens is 1. The van der Waals surface area contributed by atoms with Crippen LogP contribution in [0.5, 0.6) is 0 Å². The van der Waals surface area contributed by atoms with Crippen molar-refractivity contribution >= 4 is 5.91 Å². The van der Waals surface area contributed by atoms with Gasteiger partial charge in [-0.15, -0.1) is 0 Å². The number of benzene rings is 1. The molecule has 0 bridgehead atoms. The second kappa shape index (κ2) is 7.52. The first-order valence-electron chi connectivity index (χ1n) is 7.28. The first-order chi connectivity index (χ1) is 10.1. The smallest absolute Gasteiger partial charge is 0.236 e. The molecule has 5 heteroatoms. The maximum Gasteiger partial charge on any atom is 0.236 e. The third-order valence-electron chi connectivity index (χ3n) is 3.81. The van der Waals surface area contributed by atoms with Crippen LogP contribution >= 0.6 is 0 Å². The molecule has 1 fully saturated rings. The first-order valence-corrected chi connectivity index (χ1v) is 7.28. The van der Waals surface area contributed by atoms with Gasteiger partial charge in [-0.25, -0.2) is 4.39 Å². The molecule has 116 valence electrons. The third kappa shape index (κ3) is 4.79. The summed E-state index contributed by atoms with van der Waals surface area (Å²) in [5, 5.41) is 0. The third-order valence-corrected chi connectivity index (χ3v) is 3.81. The lowest BCUT2D eigenvalue weighted by Gasteiger charge is -2.21. The Hall–Kier alpha value is -1.46. The Bertz CT molecular complexity index is 464. The Labute approximate surface area is 125 Å². The van der Waals surface area contributed by atoms with E-state index in [0.717, 1.165) is 31.7 Å². The molecule has 1 aliphatic heterocycles. The molecular formula is C16H23FN2O2. The van der Waals surface area contributed by atoms with Crippen molar-refractivity contribution in [3.8, 4) is 0 Å². The van der Waals surface area contributed by atoms with E-state index in [-0.39, 0.29) is 11.7 Å². The topological polar surface area (TPSA) is 32.8 Å². The van der Waals surface area contributed by atoms with E-state index in [4.69, 9.17) is 4.74 Å². The lowest BCUT2D eigenvalue weighted by Crippen LogP contribution is -2.37. The molecule has 0 N–H and O–H groups in total. The molecule has 0 saturated carbocycles. The zero-order valence-corrected chi connectivity index (χ0v) is 12.7. The first kappa shape index (κ1) is 15.9. The van der Waals surface area contributed by atoms with Crippen LogP contribution in [0.1, 0.15) is 12.0 Å². The average molecular weight is 294 g/mol. The molecule has 0 aliphatic carbocycles. The molecule has 1 heterocycles. The number of rotatable bonds is 6. The van der Waals surface area contributed by atoms with E-state index in [1.54, 1.807) is 19.2 Å². The Morgan fingerprint density at radius 1 is 1.43 bits per heavy atom. The number of likely N-dealkylation sites (tertiary alicyclic amines) is 1. The number of hydrogen-bond donors (Lipinski definition) is 0. The Morgan fingerprint density at radius 3 is 2.81 bits per heavy atom. The highest BCUT2D eigenvalue weighted by molar-refractivity contribution is 5.78. The van der Waals surface area contributed by atoms with Crippen LogP contribution in [0.3, 0.4) is 0 Å². The molecule has 1 atom stereocenters. The minimum Gasteiger partial charge on any atom is -0.384 e. The highest BCUT2D eigenvalue weighted by atomic mass is 19.1. The van der Waals surface area contributed by atoms with Gasteiger partial charge in [0.25, 0.3) is 0 Å². The van der Waals surface area contributed by atoms with Crippen molar-refractivity contribution in [2.24, 2.45) is 5.92 Å². The summed E-state index contributed by atoms with van der Waals surface area (Å²) in [6, 6.07) is 6.39. The molecule has 0 aromatic heterocycles. The van der Waals surface area contributed by atoms with E-state index in [9.17, 15) is 9.18 Å². The number of hydrogen-bond acceptors (Lipinski definition) is 3. The fraction of sp³-hybridized carbons (Fsp3) is 0.562. The summed E-state index contributed by atoms with van der Waals surface area (Å²) in [6.45, 7) is 3.35. The van der Waals surface area contributed by atoms with E-state index < -0.39 is 0 Å². The Morgan fingerprint density at radius 2 is 2.14 bits per heavy atom. The van der Waals surface area contributed by atoms with E-state index in [0.29, 0.717) is 19.0 Å². The van der Waals surface area contributed by atoms with Crippen LogP contribution in [0.2, 0.25) is 0 Å². The molecule has 1 unspecified atom stereocenters. The summed E-state index contributed by atoms with van der Waals surface area (Å²) in [5.41, 5.74) is 1.00. The number of amides is 1. The number of nitrogens with zero attached hydrogens (tertiary/aromatic N) is 2. The van der Waals surface area contributed by atoms with Crippen molar-refractivity contribution in [1.29, 1.82) is 0 Å². The van der Waals surface area contributed by atoms with Crippen LogP contribution < -0.4 is 0 Å². The standard InChI is InChI=1S/C16H23FN2O2/c1-18(9-13-3-5-15(17)6-4-13)11-16(20)19-8-7-14(10-19)12-21-2/h3-6,14H,7-12H2,1-2H3. The van der Waals surface area contributed by atoms with Crippen molar-refractivity contribution in [3.05, 3.63) is 35.6 Å². The van der Waals surface area contributed by atoms with Crippen molar-refractivity contribution < 1.29 is 13.9 Å². The molecular weight excluding hydrogens is 271 g/mol. The Balaban J connectivity index is 1.78. The molecule has 1 saturated heterocycles. The van der Waals surface area contributed by atoms with Crippen LogP contribution in [0.25, 0.3) is 0 Å². The molecule has 1 aromatic carbocycles. The fourth-order valence-electron chi connectivity index (χ4n) is 2.72. The van der Waals surface area contributed by atoms with Gasteiger partial charge < -0.3 is 9.64 Å². The van der Waals surface area contributed by atoms with E-state index in [2.05, 4.69) is 0 Å². The molecule has 4 nitrogen and oxygen atoms in total. The maximum atomic E-state index is 12.9. The fourth-order valence-corrected chi connectivity index (χ4v) is 2.72. The van der Waals surface area contributed by atoms with Gasteiger partial charge in [0.05, 0.1) is 13.2 Å². The maximum absolute atomic E-state index is 12.9. The molecule has 1 aliphatic rings. The number of methoxy groups -OCH3 is 1. The van der Waals surface area contributed by atoms with Gasteiger partial charge in [0.2, 0.25) is 5.91 Å². The number of carbonyl (C=O) groups is 1. The lowest BCUT2D eigenvalue weighted by atomic mass is 10.1. The molecule has 1 amide bonds. The molecule has 21 heavy (non-hydrogen) atoms. The van der Waals surface area contributed by atoms with Gasteiger partial charge in [-0.05, 0) is 31.2 Å². The quantitative estimate of drug-likeness (QED) is 0.801. The number of ether oxygens (including phenoxy) is 1. The van der Waals surface area contributed by atoms with Gasteiger partial charge in [-0.1, -0.05) is 12.1 Å². The van der Waals surface area contributed by atoms with Crippen LogP contribution in [0.15, 0.2) is 24.3 Å². The lowest BCUT2D eigenvalue weighted by molar-refractivity contribution is -0.131. The summed E-state index contributed by atoms with van der Waals surface area (Å²) in [6.07, 6.45) is 1.02. The van der Waals surface area contributed by atoms with Gasteiger partial charge in [0.1, 0.15) is 5.82 Å². The monoisotopic (exact) mass is 294 g/mol. The van der Waals surface area contributed by atoms with Crippen LogP contribution in [0.4, 0.5) is 4.39 Å². The summed E-state index contributed by atoms with van der Waals surface area (Å²) in [7, 11) is 3.60. The van der Waals surface area contributed by atoms with Gasteiger partial charge >= 0.3 is 0 Å². The molecule has 0 radical (unpaired) electrons. The van der Waals surface area contributed by atoms with Crippen molar-refractivity contribution in [1.82, 2.24) is 9.80 Å². The summed E-state index contributed by atoms with van der Waals surface area (Å²) in [5.74, 6) is 0.373. The average Bonchev–Trinajstić information content (AvgIpc) is 2.90. The number of carbonyl (C=O) groups excluding carboxylic acids is 1. The van der Waals surface area contributed by atoms with E-state index in [1.165, 1.54) is 12.1 Å². The summed E-state index contributed by atoms with van der Waals surface area (Å²) in [4.78, 5) is 16.1. The van der Waals surface area contributed by atoms with Crippen molar-refractivity contribution in [3.63, 3.8) is 0 Å². The van der Waals surface area contributed by atoms with Gasteiger partial charge in [0.15, 0.2) is 0 Å². The zero-order valence-electron chi connectivity index (χ0n) is 12.7. The molecule has 0 spiro atoms. The molecule has 1 aromatic rings. The van der Waals surface area contributed by atoms with Gasteiger partial charge in [-0.3, -0.25) is 9.69 Å². The predicted molar refractivity (Wildman–Crippen MR) is 79.3 cm³/mol. The van der Waals surface area contributed by atoms with E-state index in [1.807, 2.05) is 16.8 Å². The van der Waals surface area contributed by atoms with Crippen LogP contribution in [0, 0.1) is 11.7 Å². The van der Waals surface area contributed by atoms with Gasteiger partial charge in [-0.2, -0.15) is 0 Å². The molecule has 2 rings (SSSR count). The highest BCUT2D eigenvalue weighted by Crippen LogP contribution is 2.16. The van der Waals surface area contributed by atoms with Crippen molar-refractivity contribution in [2.75, 3.05) is 40.4 Å². The minimum absolute atomic E-state index is 0.151. The van der Waals surface area contributed by atoms with Crippen molar-refractivity contribution in [2.45, 2.75) is 13.0 Å². The predicted octanol–water partition coefficient (Wildman–Crippen LogP) is 1.75. The number of likely N-dealkylation sites (N-methyl/N-ethyl adjacent to an activating group) is 1. The van der Waals surface area contributed by atoms with Crippen LogP contribution in [-0.4, -0.2) is 56.1 Å². The highest BCUT2D eigenvalue weighted by Gasteiger charge is 2.26.